The van der Waals surface area contributed by atoms with Crippen LogP contribution in [0.15, 0.2) is 158 Å². The molecule has 1 aliphatic heterocycles. The molecule has 0 amide bonds. The van der Waals surface area contributed by atoms with Crippen molar-refractivity contribution in [1.82, 2.24) is 0 Å². The van der Waals surface area contributed by atoms with Crippen LogP contribution in [0.2, 0.25) is 0 Å². The number of carboxylic acids is 1. The molecule has 3 N–H and O–H groups in total. The standard InChI is InChI=1S/C71H108O12/c1-4-7-10-13-16-19-22-25-28-31-32-35-38-41-44-47-50-53-56-59-65(74)82-69-67(76)66(75)68(70(77)78)83-71(69)80-61-62(81-64(73)58-55-52-49-46-43-40-37-34-30-27-24-21-18-15-12-9-6-3)60-79-63(72)57-54-51-48-45-42-39-36-33-29-26-23-20-17-14-11-8-5-2/h7-12,16-21,25-30,32,35-36,39,41,44-45,48,62,66-69,71,75-76H,4-6,13-15,22-24,31,33-34,37-38,40,42-43,46-47,49-61H2,1-3H3,(H,77,78)/b10-7-,11-8-,12-9-,19-16-,20-17-,21-18-,28-25-,29-26-,30-27-,35-32-,39-36-,44-41-,48-45-. The van der Waals surface area contributed by atoms with E-state index < -0.39 is 67.3 Å². The van der Waals surface area contributed by atoms with E-state index in [-0.39, 0.29) is 25.9 Å². The third-order valence-corrected chi connectivity index (χ3v) is 13.1. The van der Waals surface area contributed by atoms with Crippen molar-refractivity contribution < 1.29 is 58.2 Å². The number of esters is 3. The minimum absolute atomic E-state index is 0.00502. The van der Waals surface area contributed by atoms with Crippen molar-refractivity contribution >= 4 is 23.9 Å². The van der Waals surface area contributed by atoms with E-state index in [2.05, 4.69) is 173 Å². The number of unbranched alkanes of at least 4 members (excludes halogenated alkanes) is 11. The Balaban J connectivity index is 2.75. The fraction of sp³-hybridized carbons (Fsp3) is 0.577. The predicted molar refractivity (Wildman–Crippen MR) is 339 cm³/mol. The maximum absolute atomic E-state index is 13.2. The summed E-state index contributed by atoms with van der Waals surface area (Å²) in [5.41, 5.74) is 0. The number of carbonyl (C=O) groups is 4. The third kappa shape index (κ3) is 46.4. The molecule has 464 valence electrons. The molecule has 6 atom stereocenters. The molecular formula is C71H108O12. The van der Waals surface area contributed by atoms with E-state index in [0.29, 0.717) is 25.7 Å². The highest BCUT2D eigenvalue weighted by atomic mass is 16.7. The van der Waals surface area contributed by atoms with Gasteiger partial charge in [-0.2, -0.15) is 0 Å². The molecule has 12 heteroatoms. The summed E-state index contributed by atoms with van der Waals surface area (Å²) in [6, 6.07) is 0. The molecule has 1 aliphatic rings. The number of rotatable bonds is 51. The summed E-state index contributed by atoms with van der Waals surface area (Å²) >= 11 is 0. The summed E-state index contributed by atoms with van der Waals surface area (Å²) in [4.78, 5) is 51.3. The van der Waals surface area contributed by atoms with Gasteiger partial charge in [0.05, 0.1) is 6.61 Å². The topological polar surface area (TPSA) is 175 Å². The molecule has 1 fully saturated rings. The zero-order valence-electron chi connectivity index (χ0n) is 51.1. The van der Waals surface area contributed by atoms with Crippen molar-refractivity contribution in [3.63, 3.8) is 0 Å². The van der Waals surface area contributed by atoms with Crippen LogP contribution >= 0.6 is 0 Å². The molecule has 1 saturated heterocycles. The minimum atomic E-state index is -1.93. The highest BCUT2D eigenvalue weighted by Gasteiger charge is 2.50. The second-order valence-corrected chi connectivity index (χ2v) is 20.5. The number of carboxylic acid groups (broad SMARTS) is 1. The lowest BCUT2D eigenvalue weighted by Crippen LogP contribution is -2.61. The van der Waals surface area contributed by atoms with Gasteiger partial charge in [-0.05, 0) is 135 Å². The van der Waals surface area contributed by atoms with E-state index in [1.54, 1.807) is 0 Å². The van der Waals surface area contributed by atoms with Crippen molar-refractivity contribution in [1.29, 1.82) is 0 Å². The Labute approximate surface area is 501 Å². The zero-order valence-corrected chi connectivity index (χ0v) is 51.1. The Kier molecular flexibility index (Phi) is 51.6. The lowest BCUT2D eigenvalue weighted by atomic mass is 9.98. The van der Waals surface area contributed by atoms with Gasteiger partial charge in [0.1, 0.15) is 18.8 Å². The van der Waals surface area contributed by atoms with Crippen LogP contribution in [0, 0.1) is 0 Å². The molecule has 0 aliphatic carbocycles. The van der Waals surface area contributed by atoms with Gasteiger partial charge in [0.2, 0.25) is 0 Å². The number of ether oxygens (including phenoxy) is 5. The number of aliphatic hydroxyl groups is 2. The smallest absolute Gasteiger partial charge is 0.335 e. The number of aliphatic hydroxyl groups excluding tert-OH is 2. The lowest BCUT2D eigenvalue weighted by molar-refractivity contribution is -0.301. The predicted octanol–water partition coefficient (Wildman–Crippen LogP) is 16.9. The molecule has 83 heavy (non-hydrogen) atoms. The van der Waals surface area contributed by atoms with E-state index in [4.69, 9.17) is 23.7 Å². The van der Waals surface area contributed by atoms with E-state index in [1.807, 2.05) is 6.08 Å². The molecular weight excluding hydrogens is 1040 g/mol. The van der Waals surface area contributed by atoms with Crippen LogP contribution in [0.4, 0.5) is 0 Å². The van der Waals surface area contributed by atoms with Crippen molar-refractivity contribution in [3.05, 3.63) is 158 Å². The maximum atomic E-state index is 13.2. The Morgan fingerprint density at radius 2 is 0.735 bits per heavy atom. The van der Waals surface area contributed by atoms with Crippen LogP contribution in [0.25, 0.3) is 0 Å². The summed E-state index contributed by atoms with van der Waals surface area (Å²) < 4.78 is 28.4. The Hall–Kier alpha value is -5.66. The van der Waals surface area contributed by atoms with E-state index in [0.717, 1.165) is 148 Å². The Morgan fingerprint density at radius 1 is 0.398 bits per heavy atom. The SMILES string of the molecule is CC/C=C\C/C=C\C/C=C\C/C=C\C/C=C\CCCCCC(=O)OC1C(OCC(COC(=O)CCC/C=C\C/C=C\C/C=C\C/C=C\C/C=C\CC)OC(=O)CCCCCCCCC/C=C\C/C=C\C/C=C\CC)OC(C(=O)O)C(O)C1O. The van der Waals surface area contributed by atoms with Crippen molar-refractivity contribution in [2.24, 2.45) is 0 Å². The number of allylic oxidation sites excluding steroid dienone is 26. The highest BCUT2D eigenvalue weighted by Crippen LogP contribution is 2.26. The summed E-state index contributed by atoms with van der Waals surface area (Å²) in [6.07, 6.45) is 70.6. The highest BCUT2D eigenvalue weighted by molar-refractivity contribution is 5.74. The van der Waals surface area contributed by atoms with Crippen LogP contribution in [0.5, 0.6) is 0 Å². The summed E-state index contributed by atoms with van der Waals surface area (Å²) in [6.45, 7) is 5.58. The number of hydrogen-bond acceptors (Lipinski definition) is 11. The second kappa shape index (κ2) is 56.8. The van der Waals surface area contributed by atoms with Crippen LogP contribution in [0.3, 0.4) is 0 Å². The molecule has 0 aromatic rings. The van der Waals surface area contributed by atoms with Gasteiger partial charge in [0.25, 0.3) is 0 Å². The number of hydrogen-bond donors (Lipinski definition) is 3. The van der Waals surface area contributed by atoms with Gasteiger partial charge in [-0.3, -0.25) is 14.4 Å². The van der Waals surface area contributed by atoms with Gasteiger partial charge in [-0.15, -0.1) is 0 Å². The molecule has 0 radical (unpaired) electrons. The van der Waals surface area contributed by atoms with E-state index >= 15 is 0 Å². The van der Waals surface area contributed by atoms with Gasteiger partial charge in [-0.1, -0.05) is 217 Å². The molecule has 0 spiro atoms. The molecule has 0 saturated carbocycles. The zero-order chi connectivity index (χ0) is 60.3. The summed E-state index contributed by atoms with van der Waals surface area (Å²) in [5, 5.41) is 31.6. The van der Waals surface area contributed by atoms with Crippen LogP contribution in [-0.2, 0) is 42.9 Å². The van der Waals surface area contributed by atoms with Gasteiger partial charge in [0.15, 0.2) is 24.6 Å². The van der Waals surface area contributed by atoms with Gasteiger partial charge >= 0.3 is 23.9 Å². The fourth-order valence-corrected chi connectivity index (χ4v) is 8.38. The van der Waals surface area contributed by atoms with Crippen molar-refractivity contribution in [2.45, 2.75) is 250 Å². The summed E-state index contributed by atoms with van der Waals surface area (Å²) in [7, 11) is 0. The molecule has 0 bridgehead atoms. The monoisotopic (exact) mass is 1150 g/mol. The molecule has 6 unspecified atom stereocenters. The molecule has 12 nitrogen and oxygen atoms in total. The first kappa shape index (κ1) is 75.4. The fourth-order valence-electron chi connectivity index (χ4n) is 8.38. The molecule has 0 aromatic carbocycles. The number of aliphatic carboxylic acids is 1. The maximum Gasteiger partial charge on any atom is 0.335 e. The van der Waals surface area contributed by atoms with Crippen molar-refractivity contribution in [2.75, 3.05) is 13.2 Å². The average Bonchev–Trinajstić information content (AvgIpc) is 3.55. The van der Waals surface area contributed by atoms with E-state index in [1.165, 1.54) is 0 Å². The van der Waals surface area contributed by atoms with Crippen LogP contribution in [0.1, 0.15) is 213 Å². The van der Waals surface area contributed by atoms with Gasteiger partial charge < -0.3 is 39.0 Å². The molecule has 0 aromatic heterocycles. The first-order chi connectivity index (χ1) is 40.6. The van der Waals surface area contributed by atoms with Crippen LogP contribution in [-0.4, -0.2) is 89.2 Å². The summed E-state index contributed by atoms with van der Waals surface area (Å²) in [5.74, 6) is -3.28. The van der Waals surface area contributed by atoms with Crippen molar-refractivity contribution in [3.8, 4) is 0 Å². The molecule has 1 heterocycles. The first-order valence-electron chi connectivity index (χ1n) is 31.5. The first-order valence-corrected chi connectivity index (χ1v) is 31.5. The second-order valence-electron chi connectivity index (χ2n) is 20.5. The normalized spacial score (nSPS) is 18.7. The molecule has 1 rings (SSSR count). The Bertz CT molecular complexity index is 2050. The largest absolute Gasteiger partial charge is 0.479 e. The Morgan fingerprint density at radius 3 is 1.14 bits per heavy atom. The number of carbonyl (C=O) groups excluding carboxylic acids is 3. The van der Waals surface area contributed by atoms with Gasteiger partial charge in [0, 0.05) is 19.3 Å². The average molecular weight is 1150 g/mol. The third-order valence-electron chi connectivity index (χ3n) is 13.1. The van der Waals surface area contributed by atoms with Crippen LogP contribution < -0.4 is 0 Å². The van der Waals surface area contributed by atoms with E-state index in [9.17, 15) is 34.5 Å². The quantitative estimate of drug-likeness (QED) is 0.0228. The minimum Gasteiger partial charge on any atom is -0.479 e. The lowest BCUT2D eigenvalue weighted by Gasteiger charge is -2.40. The van der Waals surface area contributed by atoms with Gasteiger partial charge in [-0.25, -0.2) is 4.79 Å².